The van der Waals surface area contributed by atoms with Gasteiger partial charge < -0.3 is 9.88 Å². The summed E-state index contributed by atoms with van der Waals surface area (Å²) < 4.78 is 2.15. The van der Waals surface area contributed by atoms with Crippen LogP contribution in [0.5, 0.6) is 0 Å². The van der Waals surface area contributed by atoms with Gasteiger partial charge in [-0.1, -0.05) is 60.3 Å². The number of fused-ring (bicyclic) bond motifs is 3. The number of amides is 1. The molecule has 5 aromatic rings. The number of anilines is 1. The number of aryl methyl sites for hydroxylation is 2. The molecule has 2 heterocycles. The van der Waals surface area contributed by atoms with Crippen molar-refractivity contribution in [3.05, 3.63) is 94.5 Å². The Bertz CT molecular complexity index is 1520. The van der Waals surface area contributed by atoms with Gasteiger partial charge in [-0.15, -0.1) is 10.2 Å². The number of nitro groups is 1. The standard InChI is InChI=1S/C25H20N6O3S/c32-22(26-18-10-12-19(13-11-18)31(33)34)16-35-25-27-24-23(28-29-25)20-8-4-5-9-21(20)30(24)15-14-17-6-2-1-3-7-17/h1-13H,14-16H2,(H,26,32). The minimum Gasteiger partial charge on any atom is -0.325 e. The highest BCUT2D eigenvalue weighted by atomic mass is 32.2. The van der Waals surface area contributed by atoms with Crippen molar-refractivity contribution in [3.8, 4) is 0 Å². The number of carbonyl (C=O) groups is 1. The van der Waals surface area contributed by atoms with Gasteiger partial charge in [0.1, 0.15) is 5.52 Å². The molecular weight excluding hydrogens is 464 g/mol. The lowest BCUT2D eigenvalue weighted by Crippen LogP contribution is -2.14. The molecule has 0 fully saturated rings. The lowest BCUT2D eigenvalue weighted by molar-refractivity contribution is -0.384. The molecule has 1 N–H and O–H groups in total. The summed E-state index contributed by atoms with van der Waals surface area (Å²) in [5.74, 6) is -0.189. The van der Waals surface area contributed by atoms with Crippen molar-refractivity contribution in [1.82, 2.24) is 19.7 Å². The molecule has 9 nitrogen and oxygen atoms in total. The van der Waals surface area contributed by atoms with Crippen LogP contribution in [0.15, 0.2) is 84.0 Å². The number of thioether (sulfide) groups is 1. The first-order valence-electron chi connectivity index (χ1n) is 10.9. The lowest BCUT2D eigenvalue weighted by Gasteiger charge is -2.07. The van der Waals surface area contributed by atoms with Gasteiger partial charge in [-0.25, -0.2) is 4.98 Å². The van der Waals surface area contributed by atoms with Gasteiger partial charge in [0, 0.05) is 29.8 Å². The van der Waals surface area contributed by atoms with E-state index in [0.29, 0.717) is 10.8 Å². The van der Waals surface area contributed by atoms with Crippen molar-refractivity contribution in [2.24, 2.45) is 0 Å². The van der Waals surface area contributed by atoms with Gasteiger partial charge in [-0.05, 0) is 30.2 Å². The summed E-state index contributed by atoms with van der Waals surface area (Å²) in [5.41, 5.74) is 4.18. The molecule has 0 saturated carbocycles. The first kappa shape index (κ1) is 22.5. The molecule has 0 saturated heterocycles. The van der Waals surface area contributed by atoms with Gasteiger partial charge >= 0.3 is 0 Å². The van der Waals surface area contributed by atoms with Crippen molar-refractivity contribution in [2.75, 3.05) is 11.1 Å². The normalized spacial score (nSPS) is 11.1. The van der Waals surface area contributed by atoms with Gasteiger partial charge in [0.25, 0.3) is 5.69 Å². The SMILES string of the molecule is O=C(CSc1nnc2c3ccccc3n(CCc3ccccc3)c2n1)Nc1ccc([N+](=O)[O-])cc1. The van der Waals surface area contributed by atoms with Crippen molar-refractivity contribution >= 4 is 51.1 Å². The van der Waals surface area contributed by atoms with Crippen molar-refractivity contribution in [1.29, 1.82) is 0 Å². The minimum absolute atomic E-state index is 0.0344. The summed E-state index contributed by atoms with van der Waals surface area (Å²) in [5, 5.41) is 23.5. The zero-order valence-corrected chi connectivity index (χ0v) is 19.3. The van der Waals surface area contributed by atoms with E-state index in [2.05, 4.69) is 32.2 Å². The molecule has 5 rings (SSSR count). The van der Waals surface area contributed by atoms with Crippen LogP contribution in [0, 0.1) is 10.1 Å². The number of para-hydroxylation sites is 1. The fourth-order valence-corrected chi connectivity index (χ4v) is 4.44. The second kappa shape index (κ2) is 9.90. The first-order valence-corrected chi connectivity index (χ1v) is 11.9. The maximum Gasteiger partial charge on any atom is 0.269 e. The number of nitro benzene ring substituents is 1. The van der Waals surface area contributed by atoms with Crippen LogP contribution in [0.25, 0.3) is 22.1 Å². The number of non-ortho nitro benzene ring substituents is 1. The largest absolute Gasteiger partial charge is 0.325 e. The van der Waals surface area contributed by atoms with Gasteiger partial charge in [-0.3, -0.25) is 14.9 Å². The van der Waals surface area contributed by atoms with Crippen LogP contribution in [0.2, 0.25) is 0 Å². The predicted octanol–water partition coefficient (Wildman–Crippen LogP) is 4.86. The minimum atomic E-state index is -0.485. The molecule has 0 atom stereocenters. The molecule has 2 aromatic heterocycles. The molecule has 1 amide bonds. The van der Waals surface area contributed by atoms with E-state index in [4.69, 9.17) is 4.98 Å². The van der Waals surface area contributed by atoms with E-state index in [0.717, 1.165) is 35.0 Å². The summed E-state index contributed by atoms with van der Waals surface area (Å²) in [7, 11) is 0. The van der Waals surface area contributed by atoms with Crippen LogP contribution in [-0.4, -0.2) is 36.3 Å². The highest BCUT2D eigenvalue weighted by molar-refractivity contribution is 7.99. The second-order valence-corrected chi connectivity index (χ2v) is 8.75. The Morgan fingerprint density at radius 3 is 2.49 bits per heavy atom. The Kier molecular flexibility index (Phi) is 6.36. The number of hydrogen-bond acceptors (Lipinski definition) is 7. The fourth-order valence-electron chi connectivity index (χ4n) is 3.86. The van der Waals surface area contributed by atoms with E-state index in [-0.39, 0.29) is 17.3 Å². The van der Waals surface area contributed by atoms with E-state index in [1.165, 1.54) is 41.6 Å². The zero-order valence-electron chi connectivity index (χ0n) is 18.5. The molecule has 0 unspecified atom stereocenters. The van der Waals surface area contributed by atoms with E-state index in [9.17, 15) is 14.9 Å². The van der Waals surface area contributed by atoms with Gasteiger partial charge in [0.15, 0.2) is 5.65 Å². The van der Waals surface area contributed by atoms with Gasteiger partial charge in [-0.2, -0.15) is 0 Å². The molecule has 3 aromatic carbocycles. The van der Waals surface area contributed by atoms with Crippen LogP contribution < -0.4 is 5.32 Å². The summed E-state index contributed by atoms with van der Waals surface area (Å²) in [4.78, 5) is 27.4. The molecule has 10 heteroatoms. The van der Waals surface area contributed by atoms with E-state index >= 15 is 0 Å². The van der Waals surface area contributed by atoms with Crippen LogP contribution >= 0.6 is 11.8 Å². The van der Waals surface area contributed by atoms with Crippen molar-refractivity contribution in [3.63, 3.8) is 0 Å². The summed E-state index contributed by atoms with van der Waals surface area (Å²) >= 11 is 1.19. The average Bonchev–Trinajstić information content (AvgIpc) is 3.20. The quantitative estimate of drug-likeness (QED) is 0.190. The highest BCUT2D eigenvalue weighted by Gasteiger charge is 2.16. The fraction of sp³-hybridized carbons (Fsp3) is 0.120. The summed E-state index contributed by atoms with van der Waals surface area (Å²) in [6, 6.07) is 24.0. The van der Waals surface area contributed by atoms with Gasteiger partial charge in [0.05, 0.1) is 16.2 Å². The van der Waals surface area contributed by atoms with Crippen molar-refractivity contribution in [2.45, 2.75) is 18.1 Å². The summed E-state index contributed by atoms with van der Waals surface area (Å²) in [6.45, 7) is 0.734. The lowest BCUT2D eigenvalue weighted by atomic mass is 10.1. The molecule has 0 radical (unpaired) electrons. The second-order valence-electron chi connectivity index (χ2n) is 7.81. The molecule has 0 bridgehead atoms. The van der Waals surface area contributed by atoms with Crippen LogP contribution in [0.3, 0.4) is 0 Å². The number of aromatic nitrogens is 4. The average molecular weight is 485 g/mol. The smallest absolute Gasteiger partial charge is 0.269 e. The monoisotopic (exact) mass is 484 g/mol. The van der Waals surface area contributed by atoms with Gasteiger partial charge in [0.2, 0.25) is 11.1 Å². The molecule has 0 aliphatic heterocycles. The maximum absolute atomic E-state index is 12.4. The third kappa shape index (κ3) is 4.97. The predicted molar refractivity (Wildman–Crippen MR) is 135 cm³/mol. The van der Waals surface area contributed by atoms with Crippen LogP contribution in [0.4, 0.5) is 11.4 Å². The third-order valence-corrected chi connectivity index (χ3v) is 6.35. The zero-order chi connectivity index (χ0) is 24.2. The molecule has 174 valence electrons. The van der Waals surface area contributed by atoms with E-state index in [1.54, 1.807) is 0 Å². The topological polar surface area (TPSA) is 116 Å². The molecular formula is C25H20N6O3S. The van der Waals surface area contributed by atoms with E-state index in [1.807, 2.05) is 42.5 Å². The highest BCUT2D eigenvalue weighted by Crippen LogP contribution is 2.27. The Balaban J connectivity index is 1.34. The van der Waals surface area contributed by atoms with Crippen molar-refractivity contribution < 1.29 is 9.72 Å². The molecule has 0 aliphatic rings. The Hall–Kier alpha value is -4.31. The molecule has 0 spiro atoms. The molecule has 35 heavy (non-hydrogen) atoms. The first-order chi connectivity index (χ1) is 17.1. The van der Waals surface area contributed by atoms with Crippen LogP contribution in [-0.2, 0) is 17.8 Å². The Morgan fingerprint density at radius 2 is 1.71 bits per heavy atom. The Labute approximate surface area is 204 Å². The number of benzene rings is 3. The maximum atomic E-state index is 12.4. The van der Waals surface area contributed by atoms with Crippen LogP contribution in [0.1, 0.15) is 5.56 Å². The number of rotatable bonds is 8. The number of carbonyl (C=O) groups excluding carboxylic acids is 1. The Morgan fingerprint density at radius 1 is 0.971 bits per heavy atom. The third-order valence-electron chi connectivity index (χ3n) is 5.52. The molecule has 0 aliphatic carbocycles. The number of nitrogens with one attached hydrogen (secondary N) is 1. The van der Waals surface area contributed by atoms with E-state index < -0.39 is 4.92 Å². The number of hydrogen-bond donors (Lipinski definition) is 1. The number of nitrogens with zero attached hydrogens (tertiary/aromatic N) is 5. The summed E-state index contributed by atoms with van der Waals surface area (Å²) in [6.07, 6.45) is 0.846.